The highest BCUT2D eigenvalue weighted by atomic mass is 35.5. The predicted molar refractivity (Wildman–Crippen MR) is 118 cm³/mol. The number of nitrogens with zero attached hydrogens (tertiary/aromatic N) is 2. The Bertz CT molecular complexity index is 834. The highest BCUT2D eigenvalue weighted by molar-refractivity contribution is 5.85. The lowest BCUT2D eigenvalue weighted by atomic mass is 10.0. The summed E-state index contributed by atoms with van der Waals surface area (Å²) in [4.78, 5) is 29.6. The third-order valence-corrected chi connectivity index (χ3v) is 5.60. The molecule has 160 valence electrons. The van der Waals surface area contributed by atoms with Gasteiger partial charge in [-0.05, 0) is 25.0 Å². The topological polar surface area (TPSA) is 61.9 Å². The molecule has 2 saturated heterocycles. The molecule has 0 saturated carbocycles. The molecule has 0 bridgehead atoms. The Morgan fingerprint density at radius 3 is 2.43 bits per heavy atom. The van der Waals surface area contributed by atoms with Crippen molar-refractivity contribution in [3.05, 3.63) is 66.2 Å². The smallest absolute Gasteiger partial charge is 0.268 e. The maximum Gasteiger partial charge on any atom is 0.268 e. The van der Waals surface area contributed by atoms with E-state index in [0.29, 0.717) is 31.9 Å². The van der Waals surface area contributed by atoms with Gasteiger partial charge in [-0.3, -0.25) is 9.59 Å². The Morgan fingerprint density at radius 2 is 1.73 bits per heavy atom. The monoisotopic (exact) mass is 429 g/mol. The van der Waals surface area contributed by atoms with Crippen LogP contribution in [0, 0.1) is 0 Å². The molecule has 2 aromatic carbocycles. The van der Waals surface area contributed by atoms with Gasteiger partial charge in [0.2, 0.25) is 12.0 Å². The van der Waals surface area contributed by atoms with Crippen molar-refractivity contribution < 1.29 is 14.3 Å². The Kier molecular flexibility index (Phi) is 7.71. The first kappa shape index (κ1) is 22.1. The van der Waals surface area contributed by atoms with Crippen LogP contribution in [-0.4, -0.2) is 60.4 Å². The molecule has 2 unspecified atom stereocenters. The second-order valence-electron chi connectivity index (χ2n) is 7.57. The number of ether oxygens (including phenoxy) is 1. The molecule has 2 atom stereocenters. The van der Waals surface area contributed by atoms with Gasteiger partial charge >= 0.3 is 0 Å². The SMILES string of the molecule is Cl.O=C(C(Oc1ccccc1)c1ccccc1)N1CCCC(N2CCNCC2=O)C1. The fourth-order valence-electron chi connectivity index (χ4n) is 4.11. The molecule has 0 spiro atoms. The molecule has 2 aliphatic heterocycles. The van der Waals surface area contributed by atoms with Gasteiger partial charge in [0.05, 0.1) is 6.54 Å². The summed E-state index contributed by atoms with van der Waals surface area (Å²) in [6, 6.07) is 19.1. The third kappa shape index (κ3) is 5.12. The van der Waals surface area contributed by atoms with Gasteiger partial charge in [-0.2, -0.15) is 0 Å². The van der Waals surface area contributed by atoms with Crippen LogP contribution in [0.4, 0.5) is 0 Å². The van der Waals surface area contributed by atoms with Crippen molar-refractivity contribution in [2.24, 2.45) is 0 Å². The Hall–Kier alpha value is -2.57. The first-order valence-corrected chi connectivity index (χ1v) is 10.3. The van der Waals surface area contributed by atoms with Gasteiger partial charge in [-0.15, -0.1) is 12.4 Å². The number of benzene rings is 2. The van der Waals surface area contributed by atoms with E-state index in [4.69, 9.17) is 4.74 Å². The first-order valence-electron chi connectivity index (χ1n) is 10.3. The number of hydrogen-bond donors (Lipinski definition) is 1. The van der Waals surface area contributed by atoms with Crippen molar-refractivity contribution in [2.75, 3.05) is 32.7 Å². The average Bonchev–Trinajstić information content (AvgIpc) is 2.79. The lowest BCUT2D eigenvalue weighted by Gasteiger charge is -2.41. The molecule has 0 aliphatic carbocycles. The third-order valence-electron chi connectivity index (χ3n) is 5.60. The summed E-state index contributed by atoms with van der Waals surface area (Å²) >= 11 is 0. The Balaban J connectivity index is 0.00000256. The maximum atomic E-state index is 13.5. The lowest BCUT2D eigenvalue weighted by Crippen LogP contribution is -2.58. The van der Waals surface area contributed by atoms with Gasteiger partial charge in [0.25, 0.3) is 5.91 Å². The van der Waals surface area contributed by atoms with E-state index in [9.17, 15) is 9.59 Å². The van der Waals surface area contributed by atoms with Gasteiger partial charge in [0, 0.05) is 37.8 Å². The molecule has 2 fully saturated rings. The molecule has 1 N–H and O–H groups in total. The molecular formula is C23H28ClN3O3. The normalized spacial score (nSPS) is 20.3. The highest BCUT2D eigenvalue weighted by Gasteiger charge is 2.35. The van der Waals surface area contributed by atoms with Crippen LogP contribution in [-0.2, 0) is 9.59 Å². The van der Waals surface area contributed by atoms with E-state index in [1.807, 2.05) is 70.5 Å². The van der Waals surface area contributed by atoms with E-state index in [2.05, 4.69) is 5.32 Å². The van der Waals surface area contributed by atoms with Crippen LogP contribution in [0.1, 0.15) is 24.5 Å². The van der Waals surface area contributed by atoms with Crippen LogP contribution < -0.4 is 10.1 Å². The highest BCUT2D eigenvalue weighted by Crippen LogP contribution is 2.26. The Morgan fingerprint density at radius 1 is 1.03 bits per heavy atom. The summed E-state index contributed by atoms with van der Waals surface area (Å²) in [6.07, 6.45) is 1.13. The average molecular weight is 430 g/mol. The van der Waals surface area contributed by atoms with Crippen LogP contribution in [0.5, 0.6) is 5.75 Å². The fourth-order valence-corrected chi connectivity index (χ4v) is 4.11. The number of rotatable bonds is 5. The van der Waals surface area contributed by atoms with Gasteiger partial charge < -0.3 is 19.9 Å². The minimum Gasteiger partial charge on any atom is -0.476 e. The van der Waals surface area contributed by atoms with Crippen LogP contribution in [0.2, 0.25) is 0 Å². The molecule has 0 radical (unpaired) electrons. The summed E-state index contributed by atoms with van der Waals surface area (Å²) in [6.45, 7) is 3.14. The zero-order valence-electron chi connectivity index (χ0n) is 16.9. The number of piperidine rings is 1. The van der Waals surface area contributed by atoms with Crippen LogP contribution in [0.15, 0.2) is 60.7 Å². The van der Waals surface area contributed by atoms with E-state index >= 15 is 0 Å². The Labute approximate surface area is 183 Å². The van der Waals surface area contributed by atoms with Gasteiger partial charge in [0.1, 0.15) is 5.75 Å². The van der Waals surface area contributed by atoms with Crippen LogP contribution in [0.25, 0.3) is 0 Å². The largest absolute Gasteiger partial charge is 0.476 e. The van der Waals surface area contributed by atoms with E-state index in [-0.39, 0.29) is 30.3 Å². The summed E-state index contributed by atoms with van der Waals surface area (Å²) < 4.78 is 6.14. The quantitative estimate of drug-likeness (QED) is 0.793. The number of nitrogens with one attached hydrogen (secondary N) is 1. The van der Waals surface area contributed by atoms with Gasteiger partial charge in [-0.1, -0.05) is 48.5 Å². The van der Waals surface area contributed by atoms with Crippen molar-refractivity contribution in [1.29, 1.82) is 0 Å². The number of carbonyl (C=O) groups is 2. The molecule has 7 heteroatoms. The number of hydrogen-bond acceptors (Lipinski definition) is 4. The van der Waals surface area contributed by atoms with Crippen LogP contribution in [0.3, 0.4) is 0 Å². The number of amides is 2. The molecule has 0 aromatic heterocycles. The predicted octanol–water partition coefficient (Wildman–Crippen LogP) is 2.65. The second kappa shape index (κ2) is 10.5. The summed E-state index contributed by atoms with van der Waals surface area (Å²) in [7, 11) is 0. The molecule has 30 heavy (non-hydrogen) atoms. The molecular weight excluding hydrogens is 402 g/mol. The molecule has 2 heterocycles. The van der Waals surface area contributed by atoms with Crippen molar-refractivity contribution in [3.63, 3.8) is 0 Å². The first-order chi connectivity index (χ1) is 14.2. The summed E-state index contributed by atoms with van der Waals surface area (Å²) in [5, 5.41) is 3.11. The van der Waals surface area contributed by atoms with Crippen LogP contribution >= 0.6 is 12.4 Å². The van der Waals surface area contributed by atoms with E-state index in [1.54, 1.807) is 0 Å². The zero-order chi connectivity index (χ0) is 20.1. The maximum absolute atomic E-state index is 13.5. The molecule has 6 nitrogen and oxygen atoms in total. The number of para-hydroxylation sites is 1. The molecule has 2 amide bonds. The molecule has 4 rings (SSSR count). The zero-order valence-corrected chi connectivity index (χ0v) is 17.7. The number of piperazine rings is 1. The standard InChI is InChI=1S/C23H27N3O3.ClH/c27-21-16-24-13-15-26(21)19-10-7-14-25(17-19)23(28)22(18-8-3-1-4-9-18)29-20-11-5-2-6-12-20;/h1-6,8-9,11-12,19,22,24H,7,10,13-17H2;1H. The number of halogens is 1. The summed E-state index contributed by atoms with van der Waals surface area (Å²) in [5.74, 6) is 0.739. The fraction of sp³-hybridized carbons (Fsp3) is 0.391. The van der Waals surface area contributed by atoms with Crippen molar-refractivity contribution >= 4 is 24.2 Å². The van der Waals surface area contributed by atoms with E-state index in [1.165, 1.54) is 0 Å². The van der Waals surface area contributed by atoms with Crippen molar-refractivity contribution in [2.45, 2.75) is 25.0 Å². The minimum atomic E-state index is -0.698. The number of carbonyl (C=O) groups excluding carboxylic acids is 2. The van der Waals surface area contributed by atoms with Gasteiger partial charge in [-0.25, -0.2) is 0 Å². The van der Waals surface area contributed by atoms with Crippen molar-refractivity contribution in [1.82, 2.24) is 15.1 Å². The lowest BCUT2D eigenvalue weighted by molar-refractivity contribution is -0.145. The summed E-state index contributed by atoms with van der Waals surface area (Å²) in [5.41, 5.74) is 0.835. The van der Waals surface area contributed by atoms with E-state index in [0.717, 1.165) is 24.9 Å². The van der Waals surface area contributed by atoms with E-state index < -0.39 is 6.10 Å². The second-order valence-corrected chi connectivity index (χ2v) is 7.57. The van der Waals surface area contributed by atoms with Gasteiger partial charge in [0.15, 0.2) is 0 Å². The molecule has 2 aliphatic rings. The molecule has 2 aromatic rings. The number of likely N-dealkylation sites (tertiary alicyclic amines) is 1. The van der Waals surface area contributed by atoms with Crippen molar-refractivity contribution in [3.8, 4) is 5.75 Å². The minimum absolute atomic E-state index is 0.